The third-order valence-electron chi connectivity index (χ3n) is 2.43. The Morgan fingerprint density at radius 3 is 1.53 bits per heavy atom. The van der Waals surface area contributed by atoms with Crippen LogP contribution in [0.5, 0.6) is 0 Å². The van der Waals surface area contributed by atoms with Crippen molar-refractivity contribution >= 4 is 0 Å². The third-order valence-corrected chi connectivity index (χ3v) is 2.43. The Bertz CT molecular complexity index is 553. The molecule has 0 unspecified atom stereocenters. The summed E-state index contributed by atoms with van der Waals surface area (Å²) in [7, 11) is 0. The van der Waals surface area contributed by atoms with Gasteiger partial charge in [-0.3, -0.25) is 9.97 Å². The fraction of sp³-hybridized carbons (Fsp3) is 0.176. The zero-order valence-corrected chi connectivity index (χ0v) is 10.6. The summed E-state index contributed by atoms with van der Waals surface area (Å²) in [6.45, 7) is 0. The smallest absolute Gasteiger partial charge is 0.0280 e. The second kappa shape index (κ2) is 7.69. The van der Waals surface area contributed by atoms with Crippen LogP contribution in [0, 0.1) is 23.7 Å². The van der Waals surface area contributed by atoms with E-state index >= 15 is 0 Å². The number of pyridine rings is 2. The van der Waals surface area contributed by atoms with E-state index in [-0.39, 0.29) is 0 Å². The van der Waals surface area contributed by atoms with Crippen LogP contribution in [0.25, 0.3) is 0 Å². The lowest BCUT2D eigenvalue weighted by atomic mass is 10.2. The van der Waals surface area contributed by atoms with Crippen molar-refractivity contribution < 1.29 is 0 Å². The SMILES string of the molecule is C(#Cc1ccncc1)CCCC#Cc1ccncc1. The summed E-state index contributed by atoms with van der Waals surface area (Å²) in [5.41, 5.74) is 2.02. The van der Waals surface area contributed by atoms with Crippen molar-refractivity contribution in [2.24, 2.45) is 0 Å². The van der Waals surface area contributed by atoms with Crippen LogP contribution in [0.15, 0.2) is 49.1 Å². The molecule has 0 saturated carbocycles. The average Bonchev–Trinajstić information content (AvgIpc) is 2.48. The molecule has 19 heavy (non-hydrogen) atoms. The summed E-state index contributed by atoms with van der Waals surface area (Å²) in [6, 6.07) is 7.65. The van der Waals surface area contributed by atoms with Crippen LogP contribution in [0.1, 0.15) is 30.4 Å². The Morgan fingerprint density at radius 1 is 0.684 bits per heavy atom. The van der Waals surface area contributed by atoms with E-state index in [1.54, 1.807) is 24.8 Å². The molecule has 0 aliphatic heterocycles. The fourth-order valence-corrected chi connectivity index (χ4v) is 1.46. The van der Waals surface area contributed by atoms with Crippen LogP contribution >= 0.6 is 0 Å². The summed E-state index contributed by atoms with van der Waals surface area (Å²) in [6.07, 6.45) is 9.75. The van der Waals surface area contributed by atoms with Crippen molar-refractivity contribution in [1.82, 2.24) is 9.97 Å². The molecule has 2 heteroatoms. The summed E-state index contributed by atoms with van der Waals surface area (Å²) in [5, 5.41) is 0. The van der Waals surface area contributed by atoms with Gasteiger partial charge >= 0.3 is 0 Å². The minimum Gasteiger partial charge on any atom is -0.265 e. The molecule has 0 spiro atoms. The molecule has 0 aliphatic rings. The van der Waals surface area contributed by atoms with Crippen molar-refractivity contribution in [3.63, 3.8) is 0 Å². The second-order valence-electron chi connectivity index (χ2n) is 3.93. The average molecular weight is 246 g/mol. The van der Waals surface area contributed by atoms with Crippen molar-refractivity contribution in [1.29, 1.82) is 0 Å². The summed E-state index contributed by atoms with van der Waals surface area (Å²) in [4.78, 5) is 7.90. The quantitative estimate of drug-likeness (QED) is 0.601. The monoisotopic (exact) mass is 246 g/mol. The topological polar surface area (TPSA) is 25.8 Å². The molecule has 0 bridgehead atoms. The van der Waals surface area contributed by atoms with Crippen LogP contribution in [-0.2, 0) is 0 Å². The second-order valence-corrected chi connectivity index (χ2v) is 3.93. The summed E-state index contributed by atoms with van der Waals surface area (Å²) in [5.74, 6) is 12.5. The Morgan fingerprint density at radius 2 is 1.11 bits per heavy atom. The Labute approximate surface area is 113 Å². The predicted octanol–water partition coefficient (Wildman–Crippen LogP) is 3.05. The number of unbranched alkanes of at least 4 members (excludes halogenated alkanes) is 2. The van der Waals surface area contributed by atoms with E-state index < -0.39 is 0 Å². The number of hydrogen-bond donors (Lipinski definition) is 0. The van der Waals surface area contributed by atoms with Gasteiger partial charge in [-0.1, -0.05) is 23.7 Å². The van der Waals surface area contributed by atoms with Crippen LogP contribution in [-0.4, -0.2) is 9.97 Å². The molecule has 2 aromatic rings. The summed E-state index contributed by atoms with van der Waals surface area (Å²) >= 11 is 0. The number of rotatable bonds is 2. The molecule has 0 radical (unpaired) electrons. The predicted molar refractivity (Wildman–Crippen MR) is 76.1 cm³/mol. The number of hydrogen-bond acceptors (Lipinski definition) is 2. The zero-order chi connectivity index (χ0) is 13.2. The highest BCUT2D eigenvalue weighted by Crippen LogP contribution is 1.97. The van der Waals surface area contributed by atoms with Gasteiger partial charge in [0.05, 0.1) is 0 Å². The first-order chi connectivity index (χ1) is 9.45. The number of aromatic nitrogens is 2. The molecule has 2 rings (SSSR count). The summed E-state index contributed by atoms with van der Waals surface area (Å²) < 4.78 is 0. The van der Waals surface area contributed by atoms with Crippen molar-refractivity contribution in [2.45, 2.75) is 19.3 Å². The highest BCUT2D eigenvalue weighted by atomic mass is 14.6. The minimum absolute atomic E-state index is 0.868. The van der Waals surface area contributed by atoms with Gasteiger partial charge < -0.3 is 0 Å². The highest BCUT2D eigenvalue weighted by molar-refractivity contribution is 5.32. The van der Waals surface area contributed by atoms with E-state index in [1.165, 1.54) is 0 Å². The Balaban J connectivity index is 1.71. The number of nitrogens with zero attached hydrogens (tertiary/aromatic N) is 2. The van der Waals surface area contributed by atoms with Crippen LogP contribution in [0.2, 0.25) is 0 Å². The van der Waals surface area contributed by atoms with Crippen molar-refractivity contribution in [3.05, 3.63) is 60.2 Å². The first-order valence-corrected chi connectivity index (χ1v) is 6.23. The molecule has 0 amide bonds. The maximum absolute atomic E-state index is 3.95. The Hall–Kier alpha value is -2.58. The molecule has 0 atom stereocenters. The molecule has 0 fully saturated rings. The van der Waals surface area contributed by atoms with Gasteiger partial charge in [0.15, 0.2) is 0 Å². The molecule has 0 aromatic carbocycles. The van der Waals surface area contributed by atoms with Crippen molar-refractivity contribution in [3.8, 4) is 23.7 Å². The minimum atomic E-state index is 0.868. The van der Waals surface area contributed by atoms with Gasteiger partial charge in [-0.2, -0.15) is 0 Å². The van der Waals surface area contributed by atoms with Gasteiger partial charge in [0, 0.05) is 48.8 Å². The molecule has 2 aromatic heterocycles. The zero-order valence-electron chi connectivity index (χ0n) is 10.6. The highest BCUT2D eigenvalue weighted by Gasteiger charge is 1.84. The normalized spacial score (nSPS) is 8.84. The standard InChI is InChI=1S/C17H14N2/c1(2-4-6-16-8-12-18-13-9-16)3-5-7-17-10-14-19-15-11-17/h8-15H,1-3H2. The largest absolute Gasteiger partial charge is 0.265 e. The van der Waals surface area contributed by atoms with Gasteiger partial charge in [-0.05, 0) is 30.7 Å². The molecular weight excluding hydrogens is 232 g/mol. The van der Waals surface area contributed by atoms with Gasteiger partial charge in [-0.25, -0.2) is 0 Å². The maximum Gasteiger partial charge on any atom is 0.0280 e. The fourth-order valence-electron chi connectivity index (χ4n) is 1.46. The molecule has 92 valence electrons. The third kappa shape index (κ3) is 5.06. The lowest BCUT2D eigenvalue weighted by molar-refractivity contribution is 0.903. The van der Waals surface area contributed by atoms with E-state index in [9.17, 15) is 0 Å². The van der Waals surface area contributed by atoms with E-state index in [0.29, 0.717) is 0 Å². The van der Waals surface area contributed by atoms with E-state index in [0.717, 1.165) is 30.4 Å². The van der Waals surface area contributed by atoms with Gasteiger partial charge in [0.25, 0.3) is 0 Å². The van der Waals surface area contributed by atoms with Gasteiger partial charge in [0.2, 0.25) is 0 Å². The molecular formula is C17H14N2. The molecule has 0 saturated heterocycles. The van der Waals surface area contributed by atoms with Gasteiger partial charge in [-0.15, -0.1) is 0 Å². The van der Waals surface area contributed by atoms with Crippen LogP contribution in [0.3, 0.4) is 0 Å². The Kier molecular flexibility index (Phi) is 5.21. The first kappa shape index (κ1) is 12.9. The first-order valence-electron chi connectivity index (χ1n) is 6.23. The van der Waals surface area contributed by atoms with E-state index in [4.69, 9.17) is 0 Å². The lowest BCUT2D eigenvalue weighted by Crippen LogP contribution is -1.76. The van der Waals surface area contributed by atoms with Crippen LogP contribution < -0.4 is 0 Å². The van der Waals surface area contributed by atoms with Crippen LogP contribution in [0.4, 0.5) is 0 Å². The van der Waals surface area contributed by atoms with E-state index in [1.807, 2.05) is 24.3 Å². The van der Waals surface area contributed by atoms with Crippen molar-refractivity contribution in [2.75, 3.05) is 0 Å². The molecule has 2 nitrogen and oxygen atoms in total. The lowest BCUT2D eigenvalue weighted by Gasteiger charge is -1.88. The molecule has 0 N–H and O–H groups in total. The molecule has 2 heterocycles. The van der Waals surface area contributed by atoms with E-state index in [2.05, 4.69) is 33.6 Å². The molecule has 0 aliphatic carbocycles. The van der Waals surface area contributed by atoms with Gasteiger partial charge in [0.1, 0.15) is 0 Å². The maximum atomic E-state index is 3.95.